The summed E-state index contributed by atoms with van der Waals surface area (Å²) in [6.07, 6.45) is 0.813. The highest BCUT2D eigenvalue weighted by Gasteiger charge is 2.91. The Morgan fingerprint density at radius 1 is 1.04 bits per heavy atom. The van der Waals surface area contributed by atoms with Crippen LogP contribution in [0.5, 0.6) is 0 Å². The number of anilines is 1. The van der Waals surface area contributed by atoms with Crippen molar-refractivity contribution in [2.24, 2.45) is 40.4 Å². The van der Waals surface area contributed by atoms with Crippen LogP contribution in [0.2, 0.25) is 0 Å². The van der Waals surface area contributed by atoms with Crippen molar-refractivity contribution in [3.05, 3.63) is 29.8 Å². The van der Waals surface area contributed by atoms with Crippen molar-refractivity contribution < 1.29 is 48.3 Å². The molecule has 2 amide bonds. The number of likely N-dealkylation sites (tertiary alicyclic amines) is 1. The Hall–Kier alpha value is -2.45. The maximum absolute atomic E-state index is 14.1. The number of fused-ring (bicyclic) bond motifs is 2. The van der Waals surface area contributed by atoms with Crippen LogP contribution in [-0.4, -0.2) is 123 Å². The monoisotopic (exact) mass is 682 g/mol. The quantitative estimate of drug-likeness (QED) is 0.292. The van der Waals surface area contributed by atoms with Gasteiger partial charge in [-0.25, -0.2) is 9.69 Å². The van der Waals surface area contributed by atoms with Gasteiger partial charge < -0.3 is 33.9 Å². The summed E-state index contributed by atoms with van der Waals surface area (Å²) in [4.78, 5) is 43.3. The van der Waals surface area contributed by atoms with Gasteiger partial charge in [-0.05, 0) is 43.9 Å². The normalized spacial score (nSPS) is 48.0. The SMILES string of the molecule is CCN1C[C@]2(COC(=O)c3ccccc3N3C(=O)C[C@H](C)C3=O)CC[C@H](OC)[C@]34C5C[C@@H]6[C@@H](OC)C[C@@](O)(C5[C@H]6OC)[C@@](O)(C13)[C@@H](OC)[C@H]24. The van der Waals surface area contributed by atoms with E-state index < -0.39 is 46.1 Å². The number of hydrogen-bond acceptors (Lipinski definition) is 11. The molecule has 7 bridgehead atoms. The van der Waals surface area contributed by atoms with Crippen molar-refractivity contribution in [3.8, 4) is 0 Å². The van der Waals surface area contributed by atoms with Gasteiger partial charge in [0.2, 0.25) is 11.8 Å². The summed E-state index contributed by atoms with van der Waals surface area (Å²) in [5.74, 6) is -2.47. The number of imide groups is 1. The van der Waals surface area contributed by atoms with E-state index in [-0.39, 0.29) is 84.5 Å². The summed E-state index contributed by atoms with van der Waals surface area (Å²) in [6, 6.07) is 6.12. The highest BCUT2D eigenvalue weighted by atomic mass is 16.5. The third kappa shape index (κ3) is 3.86. The topological polar surface area (TPSA) is 144 Å². The Bertz CT molecular complexity index is 1560. The molecule has 1 spiro atoms. The number of para-hydroxylation sites is 1. The molecule has 8 rings (SSSR count). The van der Waals surface area contributed by atoms with Gasteiger partial charge in [-0.3, -0.25) is 14.5 Å². The van der Waals surface area contributed by atoms with Crippen LogP contribution >= 0.6 is 0 Å². The van der Waals surface area contributed by atoms with Crippen molar-refractivity contribution in [3.63, 3.8) is 0 Å². The van der Waals surface area contributed by atoms with E-state index in [1.165, 1.54) is 0 Å². The number of piperidine rings is 1. The Balaban J connectivity index is 1.23. The van der Waals surface area contributed by atoms with Crippen molar-refractivity contribution in [2.75, 3.05) is 53.0 Å². The predicted molar refractivity (Wildman–Crippen MR) is 174 cm³/mol. The van der Waals surface area contributed by atoms with E-state index in [1.54, 1.807) is 59.6 Å². The molecule has 7 aliphatic rings. The van der Waals surface area contributed by atoms with Crippen molar-refractivity contribution >= 4 is 23.5 Å². The average Bonchev–Trinajstić information content (AvgIpc) is 3.63. The number of hydrogen-bond donors (Lipinski definition) is 2. The Morgan fingerprint density at radius 3 is 2.43 bits per heavy atom. The van der Waals surface area contributed by atoms with Crippen LogP contribution in [0.3, 0.4) is 0 Å². The molecule has 7 fully saturated rings. The van der Waals surface area contributed by atoms with Crippen LogP contribution in [0, 0.1) is 40.4 Å². The smallest absolute Gasteiger partial charge is 0.340 e. The highest BCUT2D eigenvalue weighted by molar-refractivity contribution is 6.22. The zero-order valence-electron chi connectivity index (χ0n) is 29.3. The molecular weight excluding hydrogens is 632 g/mol. The van der Waals surface area contributed by atoms with Crippen molar-refractivity contribution in [1.29, 1.82) is 0 Å². The first-order valence-corrected chi connectivity index (χ1v) is 17.9. The zero-order chi connectivity index (χ0) is 34.8. The molecule has 0 aromatic heterocycles. The Labute approximate surface area is 287 Å². The van der Waals surface area contributed by atoms with E-state index in [0.717, 1.165) is 11.3 Å². The summed E-state index contributed by atoms with van der Waals surface area (Å²) in [7, 11) is 6.70. The fraction of sp³-hybridized carbons (Fsp3) is 0.757. The van der Waals surface area contributed by atoms with Crippen LogP contribution in [0.15, 0.2) is 24.3 Å². The summed E-state index contributed by atoms with van der Waals surface area (Å²) >= 11 is 0. The Kier molecular flexibility index (Phi) is 7.75. The standard InChI is InChI=1S/C37H50N2O10/c1-7-38-17-34(18-49-32(42)20-10-8-9-11-23(20)39-26(40)14-19(2)31(39)41)13-12-25(46-4)36-22-15-21-24(45-3)16-35(43,27(22)28(21)47-5)37(44,33(36)38)30(48-6)29(34)36/h8-11,19,21-22,24-25,27-30,33,43-44H,7,12-18H2,1-6H3/t19-,21+,22?,24-,25-,27?,28-,29+,30-,33?,34-,35+,36-,37-/m0/s1. The number of amides is 2. The molecule has 0 radical (unpaired) electrons. The fourth-order valence-electron chi connectivity index (χ4n) is 13.2. The minimum atomic E-state index is -1.70. The maximum Gasteiger partial charge on any atom is 0.340 e. The summed E-state index contributed by atoms with van der Waals surface area (Å²) in [6.45, 7) is 4.95. The zero-order valence-corrected chi connectivity index (χ0v) is 29.3. The van der Waals surface area contributed by atoms with Gasteiger partial charge in [-0.15, -0.1) is 0 Å². The third-order valence-corrected chi connectivity index (χ3v) is 14.5. The first-order valence-electron chi connectivity index (χ1n) is 17.9. The van der Waals surface area contributed by atoms with Gasteiger partial charge in [0.05, 0.1) is 48.3 Å². The van der Waals surface area contributed by atoms with Crippen LogP contribution in [0.25, 0.3) is 0 Å². The van der Waals surface area contributed by atoms with Gasteiger partial charge >= 0.3 is 5.97 Å². The molecule has 14 atom stereocenters. The molecule has 1 aromatic rings. The largest absolute Gasteiger partial charge is 0.461 e. The van der Waals surface area contributed by atoms with Crippen molar-refractivity contribution in [2.45, 2.75) is 87.6 Å². The fourth-order valence-corrected chi connectivity index (χ4v) is 13.2. The van der Waals surface area contributed by atoms with Crippen LogP contribution in [0.1, 0.15) is 56.3 Å². The second-order valence-electron chi connectivity index (χ2n) is 16.0. The molecule has 3 unspecified atom stereocenters. The van der Waals surface area contributed by atoms with Gasteiger partial charge in [0, 0.05) is 82.3 Å². The molecule has 12 nitrogen and oxygen atoms in total. The van der Waals surface area contributed by atoms with E-state index in [1.807, 2.05) is 0 Å². The van der Waals surface area contributed by atoms with Gasteiger partial charge in [-0.2, -0.15) is 0 Å². The molecule has 12 heteroatoms. The second-order valence-corrected chi connectivity index (χ2v) is 16.0. The molecule has 2 N–H and O–H groups in total. The molecule has 2 aliphatic heterocycles. The van der Waals surface area contributed by atoms with Crippen LogP contribution in [0.4, 0.5) is 5.69 Å². The lowest BCUT2D eigenvalue weighted by molar-refractivity contribution is -0.320. The second kappa shape index (κ2) is 11.3. The van der Waals surface area contributed by atoms with Crippen molar-refractivity contribution in [1.82, 2.24) is 4.90 Å². The number of nitrogens with zero attached hydrogens (tertiary/aromatic N) is 2. The molecule has 2 saturated heterocycles. The number of esters is 1. The van der Waals surface area contributed by atoms with E-state index >= 15 is 0 Å². The number of methoxy groups -OCH3 is 4. The number of carbonyl (C=O) groups is 3. The van der Waals surface area contributed by atoms with Crippen LogP contribution in [-0.2, 0) is 33.3 Å². The van der Waals surface area contributed by atoms with Crippen LogP contribution < -0.4 is 4.90 Å². The summed E-state index contributed by atoms with van der Waals surface area (Å²) in [5.41, 5.74) is -4.17. The molecule has 5 saturated carbocycles. The number of carbonyl (C=O) groups excluding carboxylic acids is 3. The van der Waals surface area contributed by atoms with Gasteiger partial charge in [0.15, 0.2) is 0 Å². The molecular formula is C37H50N2O10. The first-order chi connectivity index (χ1) is 23.4. The number of ether oxygens (including phenoxy) is 5. The molecule has 5 aliphatic carbocycles. The summed E-state index contributed by atoms with van der Waals surface area (Å²) < 4.78 is 31.4. The molecule has 1 aromatic carbocycles. The number of benzene rings is 1. The number of rotatable bonds is 9. The van der Waals surface area contributed by atoms with E-state index in [4.69, 9.17) is 23.7 Å². The van der Waals surface area contributed by atoms with Gasteiger partial charge in [0.25, 0.3) is 0 Å². The maximum atomic E-state index is 14.1. The molecule has 49 heavy (non-hydrogen) atoms. The lowest BCUT2D eigenvalue weighted by atomic mass is 9.42. The summed E-state index contributed by atoms with van der Waals surface area (Å²) in [5, 5.41) is 26.6. The average molecular weight is 683 g/mol. The predicted octanol–water partition coefficient (Wildman–Crippen LogP) is 2.04. The third-order valence-electron chi connectivity index (χ3n) is 14.5. The Morgan fingerprint density at radius 2 is 1.80 bits per heavy atom. The van der Waals surface area contributed by atoms with Gasteiger partial charge in [0.1, 0.15) is 11.2 Å². The number of likely N-dealkylation sites (N-methyl/N-ethyl adjacent to an activating group) is 1. The van der Waals surface area contributed by atoms with Gasteiger partial charge in [-0.1, -0.05) is 26.0 Å². The lowest BCUT2D eigenvalue weighted by Gasteiger charge is -2.70. The minimum absolute atomic E-state index is 0.0358. The molecule has 268 valence electrons. The minimum Gasteiger partial charge on any atom is -0.461 e. The van der Waals surface area contributed by atoms with E-state index in [2.05, 4.69) is 11.8 Å². The highest BCUT2D eigenvalue weighted by Crippen LogP contribution is 2.80. The lowest BCUT2D eigenvalue weighted by Crippen LogP contribution is -2.82. The number of aliphatic hydroxyl groups is 2. The first kappa shape index (κ1) is 33.7. The van der Waals surface area contributed by atoms with E-state index in [0.29, 0.717) is 25.9 Å². The van der Waals surface area contributed by atoms with E-state index in [9.17, 15) is 24.6 Å². The molecule has 2 heterocycles.